The Hall–Kier alpha value is -1.56. The van der Waals surface area contributed by atoms with E-state index in [1.54, 1.807) is 31.2 Å². The molecule has 0 radical (unpaired) electrons. The molecule has 0 saturated heterocycles. The minimum Gasteiger partial charge on any atom is -0.464 e. The summed E-state index contributed by atoms with van der Waals surface area (Å²) >= 11 is 0. The summed E-state index contributed by atoms with van der Waals surface area (Å²) in [6.45, 7) is 1.70. The number of benzene rings is 1. The number of carbonyl (C=O) groups excluding carboxylic acids is 1. The van der Waals surface area contributed by atoms with Gasteiger partial charge >= 0.3 is 5.97 Å². The van der Waals surface area contributed by atoms with E-state index in [4.69, 9.17) is 10.5 Å². The summed E-state index contributed by atoms with van der Waals surface area (Å²) in [4.78, 5) is 11.5. The van der Waals surface area contributed by atoms with Gasteiger partial charge in [0, 0.05) is 5.69 Å². The summed E-state index contributed by atoms with van der Waals surface area (Å²) in [6.07, 6.45) is 0.665. The molecule has 2 N–H and O–H groups in total. The van der Waals surface area contributed by atoms with Gasteiger partial charge in [-0.15, -0.1) is 0 Å². The predicted molar refractivity (Wildman–Crippen MR) is 74.5 cm³/mol. The van der Waals surface area contributed by atoms with E-state index in [-0.39, 0.29) is 24.5 Å². The fourth-order valence-electron chi connectivity index (χ4n) is 1.62. The van der Waals surface area contributed by atoms with Crippen molar-refractivity contribution in [2.45, 2.75) is 19.8 Å². The molecule has 0 aliphatic heterocycles. The lowest BCUT2D eigenvalue weighted by molar-refractivity contribution is -0.142. The molecule has 0 saturated carbocycles. The van der Waals surface area contributed by atoms with Crippen LogP contribution in [0.1, 0.15) is 18.9 Å². The molecule has 0 heterocycles. The topological polar surface area (TPSA) is 86.5 Å². The third-order valence-electron chi connectivity index (χ3n) is 2.47. The molecule has 1 aromatic carbocycles. The van der Waals surface area contributed by atoms with Crippen molar-refractivity contribution >= 4 is 21.5 Å². The first-order valence-electron chi connectivity index (χ1n) is 6.13. The first-order chi connectivity index (χ1) is 8.93. The highest BCUT2D eigenvalue weighted by Gasteiger charge is 2.11. The van der Waals surface area contributed by atoms with Crippen molar-refractivity contribution in [3.63, 3.8) is 0 Å². The maximum absolute atomic E-state index is 11.5. The Morgan fingerprint density at radius 3 is 2.68 bits per heavy atom. The van der Waals surface area contributed by atoms with Crippen LogP contribution < -0.4 is 5.73 Å². The van der Waals surface area contributed by atoms with Gasteiger partial charge in [0.1, 0.15) is 6.61 Å². The Bertz CT molecular complexity index is 525. The summed E-state index contributed by atoms with van der Waals surface area (Å²) in [5.74, 6) is -0.444. The standard InChI is InChI=1S/C13H19NO4S/c1-2-7-19(16,17)8-6-18-13(15)10-11-4-3-5-12(14)9-11/h3-5,9H,2,6-8,10,14H2,1H3. The molecule has 1 rings (SSSR count). The molecule has 106 valence electrons. The maximum Gasteiger partial charge on any atom is 0.310 e. The molecule has 0 aliphatic rings. The van der Waals surface area contributed by atoms with Crippen molar-refractivity contribution in [3.05, 3.63) is 29.8 Å². The van der Waals surface area contributed by atoms with E-state index >= 15 is 0 Å². The molecule has 0 aromatic heterocycles. The monoisotopic (exact) mass is 285 g/mol. The van der Waals surface area contributed by atoms with Gasteiger partial charge in [0.25, 0.3) is 0 Å². The number of anilines is 1. The van der Waals surface area contributed by atoms with E-state index < -0.39 is 15.8 Å². The van der Waals surface area contributed by atoms with Crippen molar-refractivity contribution in [1.82, 2.24) is 0 Å². The van der Waals surface area contributed by atoms with Crippen LogP contribution in [0.15, 0.2) is 24.3 Å². The molecular weight excluding hydrogens is 266 g/mol. The van der Waals surface area contributed by atoms with Crippen LogP contribution in [-0.2, 0) is 25.8 Å². The molecule has 0 spiro atoms. The number of nitrogens with two attached hydrogens (primary N) is 1. The molecule has 0 bridgehead atoms. The summed E-state index contributed by atoms with van der Waals surface area (Å²) in [6, 6.07) is 6.94. The molecule has 0 amide bonds. The Morgan fingerprint density at radius 2 is 2.05 bits per heavy atom. The maximum atomic E-state index is 11.5. The molecule has 19 heavy (non-hydrogen) atoms. The zero-order chi connectivity index (χ0) is 14.3. The second-order valence-electron chi connectivity index (χ2n) is 4.29. The van der Waals surface area contributed by atoms with E-state index in [0.717, 1.165) is 5.56 Å². The van der Waals surface area contributed by atoms with E-state index in [0.29, 0.717) is 12.1 Å². The summed E-state index contributed by atoms with van der Waals surface area (Å²) in [5.41, 5.74) is 6.92. The molecule has 0 aliphatic carbocycles. The van der Waals surface area contributed by atoms with E-state index in [2.05, 4.69) is 0 Å². The Kier molecular flexibility index (Phi) is 5.82. The number of ether oxygens (including phenoxy) is 1. The molecule has 1 aromatic rings. The van der Waals surface area contributed by atoms with Crippen molar-refractivity contribution in [3.8, 4) is 0 Å². The highest BCUT2D eigenvalue weighted by atomic mass is 32.2. The molecule has 5 nitrogen and oxygen atoms in total. The van der Waals surface area contributed by atoms with Crippen LogP contribution in [-0.4, -0.2) is 32.5 Å². The van der Waals surface area contributed by atoms with Gasteiger partial charge in [-0.05, 0) is 24.1 Å². The highest BCUT2D eigenvalue weighted by Crippen LogP contribution is 2.07. The number of rotatable bonds is 7. The number of hydrogen-bond donors (Lipinski definition) is 1. The number of carbonyl (C=O) groups is 1. The molecule has 0 fully saturated rings. The van der Waals surface area contributed by atoms with Crippen LogP contribution in [0.3, 0.4) is 0 Å². The van der Waals surface area contributed by atoms with Crippen LogP contribution in [0.25, 0.3) is 0 Å². The minimum atomic E-state index is -3.10. The smallest absolute Gasteiger partial charge is 0.310 e. The second kappa shape index (κ2) is 7.13. The van der Waals surface area contributed by atoms with Crippen molar-refractivity contribution in [2.24, 2.45) is 0 Å². The number of hydrogen-bond acceptors (Lipinski definition) is 5. The fourth-order valence-corrected chi connectivity index (χ4v) is 2.78. The van der Waals surface area contributed by atoms with Gasteiger partial charge in [-0.1, -0.05) is 19.1 Å². The van der Waals surface area contributed by atoms with Gasteiger partial charge in [-0.3, -0.25) is 4.79 Å². The Balaban J connectivity index is 2.37. The van der Waals surface area contributed by atoms with Gasteiger partial charge in [0.05, 0.1) is 17.9 Å². The Morgan fingerprint density at radius 1 is 1.32 bits per heavy atom. The zero-order valence-electron chi connectivity index (χ0n) is 11.0. The molecule has 0 unspecified atom stereocenters. The van der Waals surface area contributed by atoms with Crippen LogP contribution in [0.2, 0.25) is 0 Å². The van der Waals surface area contributed by atoms with Gasteiger partial charge in [-0.25, -0.2) is 8.42 Å². The van der Waals surface area contributed by atoms with Gasteiger partial charge in [-0.2, -0.15) is 0 Å². The minimum absolute atomic E-state index is 0.0938. The van der Waals surface area contributed by atoms with Crippen LogP contribution >= 0.6 is 0 Å². The lowest BCUT2D eigenvalue weighted by Crippen LogP contribution is -2.18. The summed E-state index contributed by atoms with van der Waals surface area (Å²) in [5, 5.41) is 0. The van der Waals surface area contributed by atoms with Crippen LogP contribution in [0.4, 0.5) is 5.69 Å². The first-order valence-corrected chi connectivity index (χ1v) is 7.95. The van der Waals surface area contributed by atoms with Crippen LogP contribution in [0, 0.1) is 0 Å². The zero-order valence-corrected chi connectivity index (χ0v) is 11.8. The van der Waals surface area contributed by atoms with Crippen molar-refractivity contribution in [2.75, 3.05) is 23.8 Å². The number of esters is 1. The fraction of sp³-hybridized carbons (Fsp3) is 0.462. The lowest BCUT2D eigenvalue weighted by Gasteiger charge is -2.06. The van der Waals surface area contributed by atoms with Crippen molar-refractivity contribution in [1.29, 1.82) is 0 Å². The molecule has 0 atom stereocenters. The normalized spacial score (nSPS) is 11.2. The van der Waals surface area contributed by atoms with Crippen LogP contribution in [0.5, 0.6) is 0 Å². The quantitative estimate of drug-likeness (QED) is 0.600. The predicted octanol–water partition coefficient (Wildman–Crippen LogP) is 1.18. The van der Waals surface area contributed by atoms with E-state index in [9.17, 15) is 13.2 Å². The average molecular weight is 285 g/mol. The third kappa shape index (κ3) is 6.24. The first kappa shape index (κ1) is 15.5. The van der Waals surface area contributed by atoms with Gasteiger partial charge in [0.2, 0.25) is 0 Å². The summed E-state index contributed by atoms with van der Waals surface area (Å²) in [7, 11) is -3.10. The largest absolute Gasteiger partial charge is 0.464 e. The lowest BCUT2D eigenvalue weighted by atomic mass is 10.1. The third-order valence-corrected chi connectivity index (χ3v) is 4.29. The van der Waals surface area contributed by atoms with E-state index in [1.807, 2.05) is 0 Å². The molecule has 6 heteroatoms. The van der Waals surface area contributed by atoms with Gasteiger partial charge in [0.15, 0.2) is 9.84 Å². The average Bonchev–Trinajstić information content (AvgIpc) is 2.28. The van der Waals surface area contributed by atoms with E-state index in [1.165, 1.54) is 0 Å². The molecular formula is C13H19NO4S. The SMILES string of the molecule is CCCS(=O)(=O)CCOC(=O)Cc1cccc(N)c1. The highest BCUT2D eigenvalue weighted by molar-refractivity contribution is 7.91. The van der Waals surface area contributed by atoms with Gasteiger partial charge < -0.3 is 10.5 Å². The second-order valence-corrected chi connectivity index (χ2v) is 6.60. The van der Waals surface area contributed by atoms with Crippen molar-refractivity contribution < 1.29 is 17.9 Å². The number of nitrogen functional groups attached to an aromatic ring is 1. The Labute approximate surface area is 113 Å². The summed E-state index contributed by atoms with van der Waals surface area (Å²) < 4.78 is 27.7. The number of sulfone groups is 1.